The second-order valence-electron chi connectivity index (χ2n) is 10.2. The molecule has 4 saturated carbocycles. The van der Waals surface area contributed by atoms with Crippen molar-refractivity contribution in [3.8, 4) is 0 Å². The Balaban J connectivity index is 1.17. The molecule has 0 spiro atoms. The van der Waals surface area contributed by atoms with E-state index in [-0.39, 0.29) is 17.5 Å². The first-order valence-corrected chi connectivity index (χ1v) is 12.3. The molecule has 162 valence electrons. The SMILES string of the molecule is CC(NC(=O)N1CCN(C(=O)C23CC4CC(CC(C4)C2)C3)CC1)c1ccccc1Br. The van der Waals surface area contributed by atoms with Crippen molar-refractivity contribution in [3.05, 3.63) is 34.3 Å². The molecule has 5 nitrogen and oxygen atoms in total. The van der Waals surface area contributed by atoms with Crippen LogP contribution in [0.25, 0.3) is 0 Å². The van der Waals surface area contributed by atoms with Gasteiger partial charge in [-0.05, 0) is 74.8 Å². The van der Waals surface area contributed by atoms with Crippen LogP contribution in [0, 0.1) is 23.2 Å². The van der Waals surface area contributed by atoms with E-state index in [4.69, 9.17) is 0 Å². The van der Waals surface area contributed by atoms with Gasteiger partial charge in [0.05, 0.1) is 11.5 Å². The van der Waals surface area contributed by atoms with E-state index in [1.165, 1.54) is 19.3 Å². The fraction of sp³-hybridized carbons (Fsp3) is 0.667. The molecule has 5 fully saturated rings. The largest absolute Gasteiger partial charge is 0.339 e. The van der Waals surface area contributed by atoms with Crippen molar-refractivity contribution in [1.82, 2.24) is 15.1 Å². The first-order chi connectivity index (χ1) is 14.4. The van der Waals surface area contributed by atoms with Crippen molar-refractivity contribution >= 4 is 27.9 Å². The molecule has 1 aliphatic heterocycles. The van der Waals surface area contributed by atoms with E-state index in [0.29, 0.717) is 32.1 Å². The minimum atomic E-state index is -0.0761. The van der Waals surface area contributed by atoms with Crippen LogP contribution in [0.3, 0.4) is 0 Å². The lowest BCUT2D eigenvalue weighted by molar-refractivity contribution is -0.159. The number of carbonyl (C=O) groups excluding carboxylic acids is 2. The molecule has 1 unspecified atom stereocenters. The number of amides is 3. The molecule has 30 heavy (non-hydrogen) atoms. The van der Waals surface area contributed by atoms with Crippen LogP contribution in [0.1, 0.15) is 57.1 Å². The molecule has 1 saturated heterocycles. The van der Waals surface area contributed by atoms with Crippen molar-refractivity contribution in [2.45, 2.75) is 51.5 Å². The maximum Gasteiger partial charge on any atom is 0.317 e. The van der Waals surface area contributed by atoms with Gasteiger partial charge in [-0.15, -0.1) is 0 Å². The summed E-state index contributed by atoms with van der Waals surface area (Å²) < 4.78 is 1.00. The lowest BCUT2D eigenvalue weighted by Gasteiger charge is -2.57. The Hall–Kier alpha value is -1.56. The molecule has 5 aliphatic rings. The van der Waals surface area contributed by atoms with Crippen molar-refractivity contribution in [3.63, 3.8) is 0 Å². The zero-order valence-electron chi connectivity index (χ0n) is 17.8. The molecule has 1 aromatic rings. The fourth-order valence-electron chi connectivity index (χ4n) is 7.00. The second kappa shape index (κ2) is 7.85. The zero-order chi connectivity index (χ0) is 20.9. The Kier molecular flexibility index (Phi) is 5.32. The number of hydrogen-bond donors (Lipinski definition) is 1. The molecule has 6 rings (SSSR count). The van der Waals surface area contributed by atoms with E-state index in [9.17, 15) is 9.59 Å². The average Bonchev–Trinajstić information content (AvgIpc) is 2.72. The number of halogens is 1. The Bertz CT molecular complexity index is 798. The minimum Gasteiger partial charge on any atom is -0.339 e. The summed E-state index contributed by atoms with van der Waals surface area (Å²) in [6, 6.07) is 7.86. The van der Waals surface area contributed by atoms with E-state index in [0.717, 1.165) is 47.1 Å². The van der Waals surface area contributed by atoms with Gasteiger partial charge in [-0.3, -0.25) is 4.79 Å². The number of hydrogen-bond acceptors (Lipinski definition) is 2. The highest BCUT2D eigenvalue weighted by atomic mass is 79.9. The van der Waals surface area contributed by atoms with Crippen molar-refractivity contribution < 1.29 is 9.59 Å². The van der Waals surface area contributed by atoms with Crippen LogP contribution in [-0.2, 0) is 4.79 Å². The van der Waals surface area contributed by atoms with Gasteiger partial charge < -0.3 is 15.1 Å². The maximum atomic E-state index is 13.5. The van der Waals surface area contributed by atoms with Gasteiger partial charge in [0.1, 0.15) is 0 Å². The monoisotopic (exact) mass is 473 g/mol. The van der Waals surface area contributed by atoms with E-state index >= 15 is 0 Å². The van der Waals surface area contributed by atoms with Crippen LogP contribution in [0.15, 0.2) is 28.7 Å². The molecule has 6 heteroatoms. The molecule has 3 amide bonds. The summed E-state index contributed by atoms with van der Waals surface area (Å²) >= 11 is 3.56. The van der Waals surface area contributed by atoms with E-state index < -0.39 is 0 Å². The number of nitrogens with one attached hydrogen (secondary N) is 1. The van der Waals surface area contributed by atoms with Gasteiger partial charge in [-0.1, -0.05) is 34.1 Å². The third-order valence-electron chi connectivity index (χ3n) is 8.06. The summed E-state index contributed by atoms with van der Waals surface area (Å²) in [5.74, 6) is 2.74. The molecular formula is C24H32BrN3O2. The van der Waals surface area contributed by atoms with Gasteiger partial charge in [0.15, 0.2) is 0 Å². The van der Waals surface area contributed by atoms with Crippen LogP contribution in [-0.4, -0.2) is 47.9 Å². The van der Waals surface area contributed by atoms with E-state index in [1.54, 1.807) is 0 Å². The number of urea groups is 1. The minimum absolute atomic E-state index is 0.0415. The molecule has 0 radical (unpaired) electrons. The van der Waals surface area contributed by atoms with Crippen LogP contribution in [0.5, 0.6) is 0 Å². The number of nitrogens with zero attached hydrogens (tertiary/aromatic N) is 2. The van der Waals surface area contributed by atoms with Crippen molar-refractivity contribution in [2.24, 2.45) is 23.2 Å². The summed E-state index contributed by atoms with van der Waals surface area (Å²) in [5, 5.41) is 3.11. The first kappa shape index (κ1) is 20.3. The van der Waals surface area contributed by atoms with Gasteiger partial charge in [0, 0.05) is 30.7 Å². The molecular weight excluding hydrogens is 442 g/mol. The first-order valence-electron chi connectivity index (χ1n) is 11.5. The van der Waals surface area contributed by atoms with Crippen LogP contribution < -0.4 is 5.32 Å². The Labute approximate surface area is 187 Å². The molecule has 1 N–H and O–H groups in total. The highest BCUT2D eigenvalue weighted by Gasteiger charge is 2.55. The maximum absolute atomic E-state index is 13.5. The Morgan fingerprint density at radius 3 is 2.07 bits per heavy atom. The second-order valence-corrected chi connectivity index (χ2v) is 11.0. The summed E-state index contributed by atoms with van der Waals surface area (Å²) in [7, 11) is 0. The highest BCUT2D eigenvalue weighted by molar-refractivity contribution is 9.10. The molecule has 1 aromatic carbocycles. The lowest BCUT2D eigenvalue weighted by atomic mass is 9.49. The molecule has 1 atom stereocenters. The zero-order valence-corrected chi connectivity index (χ0v) is 19.4. The average molecular weight is 474 g/mol. The number of rotatable bonds is 3. The van der Waals surface area contributed by atoms with Gasteiger partial charge >= 0.3 is 6.03 Å². The predicted molar refractivity (Wildman–Crippen MR) is 120 cm³/mol. The molecule has 1 heterocycles. The van der Waals surface area contributed by atoms with Gasteiger partial charge in [0.2, 0.25) is 5.91 Å². The number of piperazine rings is 1. The molecule has 4 bridgehead atoms. The van der Waals surface area contributed by atoms with Crippen LogP contribution in [0.4, 0.5) is 4.79 Å². The van der Waals surface area contributed by atoms with Crippen molar-refractivity contribution in [1.29, 1.82) is 0 Å². The van der Waals surface area contributed by atoms with E-state index in [2.05, 4.69) is 26.1 Å². The van der Waals surface area contributed by atoms with Gasteiger partial charge in [0.25, 0.3) is 0 Å². The summed E-state index contributed by atoms with van der Waals surface area (Å²) in [6.07, 6.45) is 7.41. The van der Waals surface area contributed by atoms with E-state index in [1.807, 2.05) is 36.1 Å². The standard InChI is InChI=1S/C24H32BrN3O2/c1-16(20-4-2-3-5-21(20)25)26-23(30)28-8-6-27(7-9-28)22(29)24-13-17-10-18(14-24)12-19(11-17)15-24/h2-5,16-19H,6-15H2,1H3,(H,26,30). The lowest BCUT2D eigenvalue weighted by Crippen LogP contribution is -2.59. The molecule has 0 aromatic heterocycles. The highest BCUT2D eigenvalue weighted by Crippen LogP contribution is 2.60. The third kappa shape index (κ3) is 3.65. The Morgan fingerprint density at radius 1 is 0.967 bits per heavy atom. The van der Waals surface area contributed by atoms with Crippen LogP contribution in [0.2, 0.25) is 0 Å². The number of benzene rings is 1. The number of carbonyl (C=O) groups is 2. The quantitative estimate of drug-likeness (QED) is 0.698. The third-order valence-corrected chi connectivity index (χ3v) is 8.78. The van der Waals surface area contributed by atoms with Gasteiger partial charge in [-0.2, -0.15) is 0 Å². The Morgan fingerprint density at radius 2 is 1.50 bits per heavy atom. The van der Waals surface area contributed by atoms with Crippen molar-refractivity contribution in [2.75, 3.05) is 26.2 Å². The van der Waals surface area contributed by atoms with Gasteiger partial charge in [-0.25, -0.2) is 4.79 Å². The summed E-state index contributed by atoms with van der Waals surface area (Å²) in [4.78, 5) is 30.2. The molecule has 4 aliphatic carbocycles. The summed E-state index contributed by atoms with van der Waals surface area (Å²) in [5.41, 5.74) is 0.995. The predicted octanol–water partition coefficient (Wildman–Crippen LogP) is 4.58. The fourth-order valence-corrected chi connectivity index (χ4v) is 7.63. The summed E-state index contributed by atoms with van der Waals surface area (Å²) in [6.45, 7) is 4.57. The van der Waals surface area contributed by atoms with Crippen LogP contribution >= 0.6 is 15.9 Å². The normalized spacial score (nSPS) is 33.5. The smallest absolute Gasteiger partial charge is 0.317 e. The topological polar surface area (TPSA) is 52.7 Å².